The normalized spacial score (nSPS) is 12.5. The lowest BCUT2D eigenvalue weighted by molar-refractivity contribution is 0.173. The van der Waals surface area contributed by atoms with Crippen molar-refractivity contribution in [2.45, 2.75) is 26.5 Å². The first kappa shape index (κ1) is 15.3. The Kier molecular flexibility index (Phi) is 3.92. The van der Waals surface area contributed by atoms with Gasteiger partial charge in [0.05, 0.1) is 12.6 Å². The van der Waals surface area contributed by atoms with E-state index in [4.69, 9.17) is 0 Å². The summed E-state index contributed by atoms with van der Waals surface area (Å²) in [6.45, 7) is 3.44. The Labute approximate surface area is 132 Å². The molecule has 0 aliphatic heterocycles. The summed E-state index contributed by atoms with van der Waals surface area (Å²) in [6, 6.07) is 7.69. The zero-order valence-electron chi connectivity index (χ0n) is 12.8. The van der Waals surface area contributed by atoms with Crippen molar-refractivity contribution in [3.05, 3.63) is 58.3 Å². The average Bonchev–Trinajstić information content (AvgIpc) is 2.50. The van der Waals surface area contributed by atoms with E-state index in [-0.39, 0.29) is 23.6 Å². The molecular formula is C17H16FN3O2. The van der Waals surface area contributed by atoms with Crippen molar-refractivity contribution in [2.24, 2.45) is 0 Å². The Morgan fingerprint density at radius 2 is 2.13 bits per heavy atom. The largest absolute Gasteiger partial charge is 0.392 e. The number of halogens is 1. The average molecular weight is 313 g/mol. The molecule has 1 aromatic carbocycles. The lowest BCUT2D eigenvalue weighted by atomic mass is 10.1. The number of aromatic nitrogens is 3. The highest BCUT2D eigenvalue weighted by Crippen LogP contribution is 2.21. The number of benzene rings is 1. The molecule has 23 heavy (non-hydrogen) atoms. The summed E-state index contributed by atoms with van der Waals surface area (Å²) < 4.78 is 14.7. The maximum absolute atomic E-state index is 13.3. The summed E-state index contributed by atoms with van der Waals surface area (Å²) in [5, 5.41) is 9.68. The van der Waals surface area contributed by atoms with Gasteiger partial charge in [0, 0.05) is 11.8 Å². The van der Waals surface area contributed by atoms with Crippen molar-refractivity contribution in [3.63, 3.8) is 0 Å². The third-order valence-electron chi connectivity index (χ3n) is 3.59. The minimum absolute atomic E-state index is 0.113. The third-order valence-corrected chi connectivity index (χ3v) is 3.59. The second-order valence-corrected chi connectivity index (χ2v) is 5.53. The van der Waals surface area contributed by atoms with Gasteiger partial charge in [0.15, 0.2) is 5.65 Å². The molecule has 2 heterocycles. The Morgan fingerprint density at radius 1 is 1.35 bits per heavy atom. The molecule has 0 amide bonds. The van der Waals surface area contributed by atoms with Crippen LogP contribution >= 0.6 is 0 Å². The molecule has 5 nitrogen and oxygen atoms in total. The molecule has 0 radical (unpaired) electrons. The summed E-state index contributed by atoms with van der Waals surface area (Å²) >= 11 is 0. The molecular weight excluding hydrogens is 297 g/mol. The van der Waals surface area contributed by atoms with E-state index >= 15 is 0 Å². The number of aliphatic hydroxyl groups is 1. The van der Waals surface area contributed by atoms with E-state index in [1.54, 1.807) is 38.2 Å². The zero-order chi connectivity index (χ0) is 16.6. The van der Waals surface area contributed by atoms with E-state index in [0.717, 1.165) is 0 Å². The number of aliphatic hydroxyl groups excluding tert-OH is 1. The number of aryl methyl sites for hydroxylation is 1. The van der Waals surface area contributed by atoms with Gasteiger partial charge in [-0.15, -0.1) is 0 Å². The first-order valence-electron chi connectivity index (χ1n) is 7.27. The minimum atomic E-state index is -0.706. The molecule has 0 saturated carbocycles. The molecule has 0 spiro atoms. The molecule has 1 N–H and O–H groups in total. The summed E-state index contributed by atoms with van der Waals surface area (Å²) in [6.07, 6.45) is 0.868. The van der Waals surface area contributed by atoms with Crippen molar-refractivity contribution in [2.75, 3.05) is 0 Å². The van der Waals surface area contributed by atoms with Gasteiger partial charge in [0.25, 0.3) is 5.56 Å². The lowest BCUT2D eigenvalue weighted by Gasteiger charge is -2.13. The molecule has 2 aromatic heterocycles. The van der Waals surface area contributed by atoms with Crippen LogP contribution in [0.15, 0.2) is 41.3 Å². The molecule has 0 aliphatic carbocycles. The minimum Gasteiger partial charge on any atom is -0.392 e. The SMILES string of the molecule is Cc1cc(F)ccc1-c1nc2cccnc2n(CC(C)O)c1=O. The molecule has 0 fully saturated rings. The van der Waals surface area contributed by atoms with Gasteiger partial charge < -0.3 is 5.11 Å². The van der Waals surface area contributed by atoms with Crippen LogP contribution in [0.4, 0.5) is 4.39 Å². The van der Waals surface area contributed by atoms with Crippen LogP contribution in [-0.2, 0) is 6.54 Å². The zero-order valence-corrected chi connectivity index (χ0v) is 12.8. The van der Waals surface area contributed by atoms with E-state index in [0.29, 0.717) is 22.3 Å². The second-order valence-electron chi connectivity index (χ2n) is 5.53. The molecule has 1 unspecified atom stereocenters. The van der Waals surface area contributed by atoms with E-state index < -0.39 is 6.10 Å². The van der Waals surface area contributed by atoms with Gasteiger partial charge in [-0.2, -0.15) is 0 Å². The maximum atomic E-state index is 13.3. The molecule has 0 aliphatic rings. The highest BCUT2D eigenvalue weighted by atomic mass is 19.1. The molecule has 118 valence electrons. The standard InChI is InChI=1S/C17H16FN3O2/c1-10-8-12(18)5-6-13(10)15-17(23)21(9-11(2)22)16-14(20-15)4-3-7-19-16/h3-8,11,22H,9H2,1-2H3. The predicted octanol–water partition coefficient (Wildman–Crippen LogP) is 2.29. The number of fused-ring (bicyclic) bond motifs is 1. The van der Waals surface area contributed by atoms with Gasteiger partial charge in [-0.05, 0) is 49.7 Å². The van der Waals surface area contributed by atoms with Gasteiger partial charge in [-0.1, -0.05) is 0 Å². The van der Waals surface area contributed by atoms with E-state index in [1.807, 2.05) is 0 Å². The fourth-order valence-electron chi connectivity index (χ4n) is 2.58. The van der Waals surface area contributed by atoms with Crippen molar-refractivity contribution in [3.8, 4) is 11.3 Å². The van der Waals surface area contributed by atoms with Gasteiger partial charge in [-0.25, -0.2) is 14.4 Å². The fraction of sp³-hybridized carbons (Fsp3) is 0.235. The Morgan fingerprint density at radius 3 is 2.83 bits per heavy atom. The van der Waals surface area contributed by atoms with Crippen molar-refractivity contribution < 1.29 is 9.50 Å². The predicted molar refractivity (Wildman–Crippen MR) is 85.6 cm³/mol. The number of hydrogen-bond acceptors (Lipinski definition) is 4. The second kappa shape index (κ2) is 5.89. The van der Waals surface area contributed by atoms with Crippen molar-refractivity contribution in [1.29, 1.82) is 0 Å². The van der Waals surface area contributed by atoms with E-state index in [2.05, 4.69) is 9.97 Å². The Hall–Kier alpha value is -2.60. The molecule has 0 saturated heterocycles. The number of rotatable bonds is 3. The Bertz CT molecular complexity index is 935. The molecule has 3 aromatic rings. The van der Waals surface area contributed by atoms with Crippen molar-refractivity contribution >= 4 is 11.2 Å². The van der Waals surface area contributed by atoms with Crippen LogP contribution in [0.3, 0.4) is 0 Å². The molecule has 6 heteroatoms. The highest BCUT2D eigenvalue weighted by Gasteiger charge is 2.16. The molecule has 1 atom stereocenters. The van der Waals surface area contributed by atoms with Crippen LogP contribution in [0.2, 0.25) is 0 Å². The van der Waals surface area contributed by atoms with Crippen LogP contribution in [0.25, 0.3) is 22.4 Å². The van der Waals surface area contributed by atoms with E-state index in [1.165, 1.54) is 16.7 Å². The number of nitrogens with zero attached hydrogens (tertiary/aromatic N) is 3. The lowest BCUT2D eigenvalue weighted by Crippen LogP contribution is -2.28. The summed E-state index contributed by atoms with van der Waals surface area (Å²) in [5.41, 5.74) is 2.03. The van der Waals surface area contributed by atoms with Gasteiger partial charge in [0.1, 0.15) is 17.0 Å². The topological polar surface area (TPSA) is 68.0 Å². The number of hydrogen-bond donors (Lipinski definition) is 1. The molecule has 3 rings (SSSR count). The Balaban J connectivity index is 2.33. The van der Waals surface area contributed by atoms with Crippen LogP contribution < -0.4 is 5.56 Å². The monoisotopic (exact) mass is 313 g/mol. The summed E-state index contributed by atoms with van der Waals surface area (Å²) in [7, 11) is 0. The first-order valence-corrected chi connectivity index (χ1v) is 7.27. The van der Waals surface area contributed by atoms with Crippen LogP contribution in [0.5, 0.6) is 0 Å². The highest BCUT2D eigenvalue weighted by molar-refractivity contribution is 5.75. The van der Waals surface area contributed by atoms with Crippen LogP contribution in [0, 0.1) is 12.7 Å². The van der Waals surface area contributed by atoms with Crippen molar-refractivity contribution in [1.82, 2.24) is 14.5 Å². The molecule has 0 bridgehead atoms. The summed E-state index contributed by atoms with van der Waals surface area (Å²) in [4.78, 5) is 21.4. The van der Waals surface area contributed by atoms with Crippen LogP contribution in [-0.4, -0.2) is 25.7 Å². The fourth-order valence-corrected chi connectivity index (χ4v) is 2.58. The van der Waals surface area contributed by atoms with Crippen LogP contribution in [0.1, 0.15) is 12.5 Å². The van der Waals surface area contributed by atoms with E-state index in [9.17, 15) is 14.3 Å². The summed E-state index contributed by atoms with van der Waals surface area (Å²) in [5.74, 6) is -0.363. The third kappa shape index (κ3) is 2.85. The number of pyridine rings is 1. The quantitative estimate of drug-likeness (QED) is 0.805. The first-order chi connectivity index (χ1) is 11.0. The van der Waals surface area contributed by atoms with Gasteiger partial charge in [0.2, 0.25) is 0 Å². The van der Waals surface area contributed by atoms with Gasteiger partial charge in [-0.3, -0.25) is 9.36 Å². The van der Waals surface area contributed by atoms with Gasteiger partial charge >= 0.3 is 0 Å². The maximum Gasteiger partial charge on any atom is 0.278 e. The smallest absolute Gasteiger partial charge is 0.278 e.